The predicted octanol–water partition coefficient (Wildman–Crippen LogP) is 1.84. The first-order chi connectivity index (χ1) is 11.9. The lowest BCUT2D eigenvalue weighted by atomic mass is 9.56. The summed E-state index contributed by atoms with van der Waals surface area (Å²) in [7, 11) is 0. The van der Waals surface area contributed by atoms with Gasteiger partial charge in [0.05, 0.1) is 5.57 Å². The molecule has 2 rings (SSSR count). The zero-order valence-corrected chi connectivity index (χ0v) is 15.6. The Hall–Kier alpha value is -2.18. The average molecular weight is 362 g/mol. The molecule has 2 fully saturated rings. The minimum absolute atomic E-state index is 0.268. The van der Waals surface area contributed by atoms with Crippen molar-refractivity contribution in [2.75, 3.05) is 0 Å². The van der Waals surface area contributed by atoms with Crippen molar-refractivity contribution in [2.24, 2.45) is 11.3 Å². The summed E-state index contributed by atoms with van der Waals surface area (Å²) in [6, 6.07) is 0. The third-order valence-corrected chi connectivity index (χ3v) is 5.34. The molecule has 6 nitrogen and oxygen atoms in total. The van der Waals surface area contributed by atoms with Crippen molar-refractivity contribution < 1.29 is 29.3 Å². The normalized spacial score (nSPS) is 38.8. The maximum absolute atomic E-state index is 12.2. The molecular formula is C20H26O6. The maximum atomic E-state index is 12.2. The van der Waals surface area contributed by atoms with Gasteiger partial charge in [0, 0.05) is 17.4 Å². The molecule has 0 aromatic heterocycles. The highest BCUT2D eigenvalue weighted by Crippen LogP contribution is 2.55. The van der Waals surface area contributed by atoms with Crippen LogP contribution in [-0.2, 0) is 19.1 Å². The molecule has 0 spiro atoms. The van der Waals surface area contributed by atoms with Crippen LogP contribution in [0.1, 0.15) is 27.7 Å². The number of aliphatic hydroxyl groups excluding tert-OH is 1. The van der Waals surface area contributed by atoms with E-state index in [1.807, 2.05) is 0 Å². The zero-order chi connectivity index (χ0) is 20.0. The average Bonchev–Trinajstić information content (AvgIpc) is 2.75. The summed E-state index contributed by atoms with van der Waals surface area (Å²) in [5, 5.41) is 22.1. The van der Waals surface area contributed by atoms with Gasteiger partial charge in [-0.05, 0) is 20.8 Å². The van der Waals surface area contributed by atoms with E-state index < -0.39 is 47.2 Å². The van der Waals surface area contributed by atoms with Gasteiger partial charge in [-0.15, -0.1) is 6.58 Å². The predicted molar refractivity (Wildman–Crippen MR) is 95.9 cm³/mol. The van der Waals surface area contributed by atoms with Crippen molar-refractivity contribution in [1.82, 2.24) is 0 Å². The van der Waals surface area contributed by atoms with Gasteiger partial charge in [0.25, 0.3) is 0 Å². The summed E-state index contributed by atoms with van der Waals surface area (Å²) in [5.74, 6) is -2.10. The van der Waals surface area contributed by atoms with Gasteiger partial charge in [0.15, 0.2) is 5.60 Å². The highest BCUT2D eigenvalue weighted by molar-refractivity contribution is 5.93. The molecule has 1 aliphatic carbocycles. The molecule has 0 aromatic carbocycles. The number of fused-ring (bicyclic) bond motifs is 1. The van der Waals surface area contributed by atoms with Crippen LogP contribution in [0.5, 0.6) is 0 Å². The largest absolute Gasteiger partial charge is 0.455 e. The van der Waals surface area contributed by atoms with Gasteiger partial charge in [-0.3, -0.25) is 0 Å². The summed E-state index contributed by atoms with van der Waals surface area (Å²) in [4.78, 5) is 24.3. The smallest absolute Gasteiger partial charge is 0.337 e. The number of carbonyl (C=O) groups is 2. The van der Waals surface area contributed by atoms with Crippen LogP contribution < -0.4 is 0 Å². The molecule has 0 bridgehead atoms. The van der Waals surface area contributed by atoms with Crippen LogP contribution in [0, 0.1) is 11.3 Å². The van der Waals surface area contributed by atoms with E-state index in [1.165, 1.54) is 12.2 Å². The quantitative estimate of drug-likeness (QED) is 0.450. The Morgan fingerprint density at radius 3 is 2.38 bits per heavy atom. The van der Waals surface area contributed by atoms with Gasteiger partial charge in [-0.1, -0.05) is 37.3 Å². The molecule has 0 aromatic rings. The second kappa shape index (κ2) is 6.52. The monoisotopic (exact) mass is 362 g/mol. The Morgan fingerprint density at radius 1 is 1.35 bits per heavy atom. The Labute approximate surface area is 153 Å². The van der Waals surface area contributed by atoms with E-state index in [-0.39, 0.29) is 5.57 Å². The van der Waals surface area contributed by atoms with Crippen LogP contribution in [0.4, 0.5) is 0 Å². The molecule has 1 heterocycles. The van der Waals surface area contributed by atoms with Crippen LogP contribution in [0.15, 0.2) is 48.6 Å². The lowest BCUT2D eigenvalue weighted by Gasteiger charge is -2.54. The van der Waals surface area contributed by atoms with Crippen molar-refractivity contribution in [2.45, 2.75) is 51.6 Å². The Balaban J connectivity index is 2.62. The van der Waals surface area contributed by atoms with Crippen molar-refractivity contribution in [1.29, 1.82) is 0 Å². The molecule has 0 radical (unpaired) electrons. The lowest BCUT2D eigenvalue weighted by Crippen LogP contribution is -2.69. The molecule has 142 valence electrons. The Morgan fingerprint density at radius 2 is 1.92 bits per heavy atom. The van der Waals surface area contributed by atoms with Gasteiger partial charge in [0.1, 0.15) is 18.3 Å². The van der Waals surface area contributed by atoms with Crippen LogP contribution in [0.25, 0.3) is 0 Å². The summed E-state index contributed by atoms with van der Waals surface area (Å²) >= 11 is 0. The molecule has 0 amide bonds. The second-order valence-electron chi connectivity index (χ2n) is 7.55. The number of ether oxygens (including phenoxy) is 2. The second-order valence-corrected chi connectivity index (χ2v) is 7.55. The van der Waals surface area contributed by atoms with Crippen LogP contribution >= 0.6 is 0 Å². The number of aliphatic hydroxyl groups is 2. The minimum atomic E-state index is -2.08. The van der Waals surface area contributed by atoms with E-state index in [1.54, 1.807) is 27.7 Å². The fourth-order valence-electron chi connectivity index (χ4n) is 3.97. The lowest BCUT2D eigenvalue weighted by molar-refractivity contribution is -0.228. The summed E-state index contributed by atoms with van der Waals surface area (Å²) in [6.07, 6.45) is -1.09. The number of hydrogen-bond donors (Lipinski definition) is 2. The molecule has 26 heavy (non-hydrogen) atoms. The van der Waals surface area contributed by atoms with E-state index in [0.717, 1.165) is 5.57 Å². The van der Waals surface area contributed by atoms with E-state index in [9.17, 15) is 19.8 Å². The van der Waals surface area contributed by atoms with Gasteiger partial charge >= 0.3 is 11.9 Å². The SMILES string of the molecule is C=C[C@@]1(C)[C@@H](OC(=O)C=C(C)C)[C@H](O)[C@]2(O)C(=C)C(=O)O[C@H]2[C@@H]1C(=C)C. The third kappa shape index (κ3) is 2.73. The molecule has 0 unspecified atom stereocenters. The summed E-state index contributed by atoms with van der Waals surface area (Å²) in [6.45, 7) is 18.2. The first-order valence-corrected chi connectivity index (χ1v) is 8.36. The first kappa shape index (κ1) is 20.1. The van der Waals surface area contributed by atoms with Crippen molar-refractivity contribution in [3.63, 3.8) is 0 Å². The molecular weight excluding hydrogens is 336 g/mol. The van der Waals surface area contributed by atoms with Crippen LogP contribution in [0.2, 0.25) is 0 Å². The molecule has 6 heteroatoms. The van der Waals surface area contributed by atoms with Gasteiger partial charge in [-0.2, -0.15) is 0 Å². The minimum Gasteiger partial charge on any atom is -0.455 e. The Kier molecular flexibility index (Phi) is 5.05. The number of rotatable bonds is 4. The maximum Gasteiger partial charge on any atom is 0.337 e. The molecule has 1 saturated carbocycles. The zero-order valence-electron chi connectivity index (χ0n) is 15.6. The molecule has 1 aliphatic heterocycles. The number of hydrogen-bond acceptors (Lipinski definition) is 6. The summed E-state index contributed by atoms with van der Waals surface area (Å²) in [5.41, 5.74) is -2.07. The highest BCUT2D eigenvalue weighted by atomic mass is 16.6. The van der Waals surface area contributed by atoms with Crippen LogP contribution in [-0.4, -0.2) is 46.1 Å². The molecule has 2 N–H and O–H groups in total. The standard InChI is InChI=1S/C20H26O6/c1-8-19(7)14(11(4)5)16-20(24,12(6)18(23)26-16)15(22)17(19)25-13(21)9-10(2)3/h8-9,14-17,22,24H,1,4,6H2,2-3,5,7H3/t14-,15-,16-,17-,19+,20+/m0/s1. The van der Waals surface area contributed by atoms with E-state index in [4.69, 9.17) is 9.47 Å². The fraction of sp³-hybridized carbons (Fsp3) is 0.500. The number of carbonyl (C=O) groups excluding carboxylic acids is 2. The van der Waals surface area contributed by atoms with Crippen LogP contribution in [0.3, 0.4) is 0 Å². The third-order valence-electron chi connectivity index (χ3n) is 5.34. The van der Waals surface area contributed by atoms with Crippen molar-refractivity contribution >= 4 is 11.9 Å². The van der Waals surface area contributed by atoms with Gasteiger partial charge in [0.2, 0.25) is 0 Å². The van der Waals surface area contributed by atoms with Crippen molar-refractivity contribution in [3.05, 3.63) is 48.6 Å². The van der Waals surface area contributed by atoms with Gasteiger partial charge < -0.3 is 19.7 Å². The fourth-order valence-corrected chi connectivity index (χ4v) is 3.97. The molecule has 2 aliphatic rings. The topological polar surface area (TPSA) is 93.1 Å². The Bertz CT molecular complexity index is 716. The van der Waals surface area contributed by atoms with E-state index in [2.05, 4.69) is 19.7 Å². The number of esters is 2. The van der Waals surface area contributed by atoms with E-state index in [0.29, 0.717) is 5.57 Å². The van der Waals surface area contributed by atoms with E-state index >= 15 is 0 Å². The molecule has 1 saturated heterocycles. The number of allylic oxidation sites excluding steroid dienone is 1. The molecule has 6 atom stereocenters. The van der Waals surface area contributed by atoms with Gasteiger partial charge in [-0.25, -0.2) is 9.59 Å². The first-order valence-electron chi connectivity index (χ1n) is 8.36. The highest BCUT2D eigenvalue weighted by Gasteiger charge is 2.70. The summed E-state index contributed by atoms with van der Waals surface area (Å²) < 4.78 is 10.8. The van der Waals surface area contributed by atoms with Crippen molar-refractivity contribution in [3.8, 4) is 0 Å².